The van der Waals surface area contributed by atoms with Crippen molar-refractivity contribution in [2.24, 2.45) is 0 Å². The van der Waals surface area contributed by atoms with Crippen LogP contribution >= 0.6 is 0 Å². The number of carbonyl (C=O) groups is 2. The molecule has 0 aliphatic carbocycles. The van der Waals surface area contributed by atoms with Gasteiger partial charge in [0, 0.05) is 18.7 Å². The molecule has 1 N–H and O–H groups in total. The second kappa shape index (κ2) is 7.94. The van der Waals surface area contributed by atoms with Gasteiger partial charge in [-0.1, -0.05) is 42.0 Å². The lowest BCUT2D eigenvalue weighted by Gasteiger charge is -2.26. The van der Waals surface area contributed by atoms with Crippen molar-refractivity contribution in [3.8, 4) is 0 Å². The molecule has 1 atom stereocenters. The van der Waals surface area contributed by atoms with Crippen molar-refractivity contribution in [2.45, 2.75) is 13.0 Å². The lowest BCUT2D eigenvalue weighted by Crippen LogP contribution is -2.35. The average molecular weight is 382 g/mol. The van der Waals surface area contributed by atoms with Crippen molar-refractivity contribution in [3.05, 3.63) is 76.6 Å². The molecule has 0 aromatic heterocycles. The topological polar surface area (TPSA) is 60.9 Å². The van der Waals surface area contributed by atoms with Crippen LogP contribution in [0.1, 0.15) is 22.7 Å². The fourth-order valence-corrected chi connectivity index (χ4v) is 3.28. The van der Waals surface area contributed by atoms with Crippen molar-refractivity contribution >= 4 is 17.4 Å². The second-order valence-electron chi connectivity index (χ2n) is 7.21. The molecule has 1 aliphatic rings. The predicted molar refractivity (Wildman–Crippen MR) is 105 cm³/mol. The third-order valence-corrected chi connectivity index (χ3v) is 4.84. The van der Waals surface area contributed by atoms with Crippen molar-refractivity contribution < 1.29 is 19.1 Å². The van der Waals surface area contributed by atoms with Crippen molar-refractivity contribution in [2.75, 3.05) is 27.2 Å². The molecule has 0 saturated carbocycles. The molecule has 0 bridgehead atoms. The van der Waals surface area contributed by atoms with Crippen LogP contribution in [0.3, 0.4) is 0 Å². The first kappa shape index (κ1) is 19.8. The number of aryl methyl sites for hydroxylation is 1. The lowest BCUT2D eigenvalue weighted by atomic mass is 9.95. The van der Waals surface area contributed by atoms with Gasteiger partial charge in [0.2, 0.25) is 0 Å². The Labute approximate surface area is 163 Å². The number of aliphatic hydroxyl groups is 1. The Morgan fingerprint density at radius 2 is 1.68 bits per heavy atom. The highest BCUT2D eigenvalue weighted by Gasteiger charge is 2.45. The van der Waals surface area contributed by atoms with Crippen LogP contribution in [0.15, 0.2) is 54.1 Å². The first-order valence-electron chi connectivity index (χ1n) is 9.05. The highest BCUT2D eigenvalue weighted by atomic mass is 19.1. The molecular formula is C22H23FN2O3. The minimum atomic E-state index is -0.762. The minimum Gasteiger partial charge on any atom is -0.507 e. The van der Waals surface area contributed by atoms with Crippen molar-refractivity contribution in [3.63, 3.8) is 0 Å². The number of hydrogen-bond acceptors (Lipinski definition) is 4. The average Bonchev–Trinajstić information content (AvgIpc) is 2.91. The summed E-state index contributed by atoms with van der Waals surface area (Å²) in [6.45, 7) is 2.78. The van der Waals surface area contributed by atoms with E-state index in [9.17, 15) is 19.1 Å². The SMILES string of the molecule is Cc1ccc(/C(O)=C2\C(=O)C(=O)N(CCN(C)C)[C@H]2c2ccc(F)cc2)cc1. The fourth-order valence-electron chi connectivity index (χ4n) is 3.28. The van der Waals surface area contributed by atoms with Crippen molar-refractivity contribution in [1.29, 1.82) is 0 Å². The monoisotopic (exact) mass is 382 g/mol. The Bertz CT molecular complexity index is 918. The molecule has 0 unspecified atom stereocenters. The third kappa shape index (κ3) is 3.82. The van der Waals surface area contributed by atoms with E-state index in [1.54, 1.807) is 12.1 Å². The van der Waals surface area contributed by atoms with Gasteiger partial charge in [-0.2, -0.15) is 0 Å². The number of rotatable bonds is 5. The molecule has 1 fully saturated rings. The Hall–Kier alpha value is -2.99. The molecule has 1 aliphatic heterocycles. The first-order chi connectivity index (χ1) is 13.3. The number of halogens is 1. The van der Waals surface area contributed by atoms with E-state index in [0.717, 1.165) is 5.56 Å². The number of nitrogens with zero attached hydrogens (tertiary/aromatic N) is 2. The van der Waals surface area contributed by atoms with Gasteiger partial charge in [-0.25, -0.2) is 4.39 Å². The number of amides is 1. The molecule has 6 heteroatoms. The van der Waals surface area contributed by atoms with Crippen LogP contribution in [-0.4, -0.2) is 53.8 Å². The Morgan fingerprint density at radius 3 is 2.25 bits per heavy atom. The van der Waals surface area contributed by atoms with E-state index >= 15 is 0 Å². The number of Topliss-reactive ketones (excluding diaryl/α,β-unsaturated/α-hetero) is 1. The molecule has 0 spiro atoms. The van der Waals surface area contributed by atoms with Crippen LogP contribution in [-0.2, 0) is 9.59 Å². The van der Waals surface area contributed by atoms with E-state index < -0.39 is 23.5 Å². The molecular weight excluding hydrogens is 359 g/mol. The molecule has 28 heavy (non-hydrogen) atoms. The zero-order valence-corrected chi connectivity index (χ0v) is 16.1. The van der Waals surface area contributed by atoms with E-state index in [2.05, 4.69) is 0 Å². The number of benzene rings is 2. The molecule has 1 heterocycles. The lowest BCUT2D eigenvalue weighted by molar-refractivity contribution is -0.140. The minimum absolute atomic E-state index is 0.0271. The summed E-state index contributed by atoms with van der Waals surface area (Å²) in [7, 11) is 3.74. The normalized spacial score (nSPS) is 18.9. The quantitative estimate of drug-likeness (QED) is 0.490. The second-order valence-corrected chi connectivity index (χ2v) is 7.21. The van der Waals surface area contributed by atoms with Crippen LogP contribution in [0.2, 0.25) is 0 Å². The van der Waals surface area contributed by atoms with Gasteiger partial charge in [-0.3, -0.25) is 9.59 Å². The van der Waals surface area contributed by atoms with Crippen LogP contribution in [0.4, 0.5) is 4.39 Å². The van der Waals surface area contributed by atoms with E-state index in [0.29, 0.717) is 24.2 Å². The van der Waals surface area contributed by atoms with E-state index in [4.69, 9.17) is 0 Å². The van der Waals surface area contributed by atoms with Crippen LogP contribution in [0.25, 0.3) is 5.76 Å². The summed E-state index contributed by atoms with van der Waals surface area (Å²) in [6.07, 6.45) is 0. The maximum atomic E-state index is 13.4. The van der Waals surface area contributed by atoms with Gasteiger partial charge >= 0.3 is 0 Å². The summed E-state index contributed by atoms with van der Waals surface area (Å²) in [5.74, 6) is -2.02. The first-order valence-corrected chi connectivity index (χ1v) is 9.05. The van der Waals surface area contributed by atoms with Gasteiger partial charge in [0.05, 0.1) is 11.6 Å². The van der Waals surface area contributed by atoms with Gasteiger partial charge in [-0.15, -0.1) is 0 Å². The highest BCUT2D eigenvalue weighted by molar-refractivity contribution is 6.46. The summed E-state index contributed by atoms with van der Waals surface area (Å²) in [6, 6.07) is 11.9. The maximum absolute atomic E-state index is 13.4. The summed E-state index contributed by atoms with van der Waals surface area (Å²) in [4.78, 5) is 28.8. The van der Waals surface area contributed by atoms with Gasteiger partial charge in [-0.05, 0) is 38.7 Å². The molecule has 2 aromatic carbocycles. The van der Waals surface area contributed by atoms with E-state index in [1.807, 2.05) is 38.1 Å². The third-order valence-electron chi connectivity index (χ3n) is 4.84. The molecule has 1 amide bonds. The number of hydrogen-bond donors (Lipinski definition) is 1. The van der Waals surface area contributed by atoms with Crippen LogP contribution < -0.4 is 0 Å². The number of ketones is 1. The summed E-state index contributed by atoms with van der Waals surface area (Å²) in [5, 5.41) is 10.9. The summed E-state index contributed by atoms with van der Waals surface area (Å²) in [5.41, 5.74) is 2.08. The largest absolute Gasteiger partial charge is 0.507 e. The van der Waals surface area contributed by atoms with Crippen molar-refractivity contribution in [1.82, 2.24) is 9.80 Å². The highest BCUT2D eigenvalue weighted by Crippen LogP contribution is 2.39. The smallest absolute Gasteiger partial charge is 0.295 e. The van der Waals surface area contributed by atoms with Gasteiger partial charge in [0.15, 0.2) is 0 Å². The van der Waals surface area contributed by atoms with E-state index in [-0.39, 0.29) is 11.3 Å². The zero-order chi connectivity index (χ0) is 20.4. The molecule has 5 nitrogen and oxygen atoms in total. The Morgan fingerprint density at radius 1 is 1.07 bits per heavy atom. The van der Waals surface area contributed by atoms with E-state index in [1.165, 1.54) is 29.2 Å². The Balaban J connectivity index is 2.13. The molecule has 0 radical (unpaired) electrons. The Kier molecular flexibility index (Phi) is 5.61. The molecule has 1 saturated heterocycles. The van der Waals surface area contributed by atoms with Gasteiger partial charge < -0.3 is 14.9 Å². The maximum Gasteiger partial charge on any atom is 0.295 e. The number of aliphatic hydroxyl groups excluding tert-OH is 1. The standard InChI is InChI=1S/C22H23FN2O3/c1-14-4-6-16(7-5-14)20(26)18-19(15-8-10-17(23)11-9-15)25(13-12-24(2)3)22(28)21(18)27/h4-11,19,26H,12-13H2,1-3H3/b20-18+/t19-/m0/s1. The summed E-state index contributed by atoms with van der Waals surface area (Å²) >= 11 is 0. The van der Waals surface area contributed by atoms with Gasteiger partial charge in [0.1, 0.15) is 11.6 Å². The molecule has 2 aromatic rings. The fraction of sp³-hybridized carbons (Fsp3) is 0.273. The van der Waals surface area contributed by atoms with Crippen LogP contribution in [0.5, 0.6) is 0 Å². The molecule has 146 valence electrons. The number of likely N-dealkylation sites (tertiary alicyclic amines) is 1. The molecule has 3 rings (SSSR count). The zero-order valence-electron chi connectivity index (χ0n) is 16.1. The van der Waals surface area contributed by atoms with Gasteiger partial charge in [0.25, 0.3) is 11.7 Å². The predicted octanol–water partition coefficient (Wildman–Crippen LogP) is 3.12. The number of carbonyl (C=O) groups excluding carboxylic acids is 2. The number of likely N-dealkylation sites (N-methyl/N-ethyl adjacent to an activating group) is 1. The summed E-state index contributed by atoms with van der Waals surface area (Å²) < 4.78 is 13.4. The van der Waals surface area contributed by atoms with Crippen LogP contribution in [0, 0.1) is 12.7 Å².